The van der Waals surface area contributed by atoms with Crippen molar-refractivity contribution in [3.8, 4) is 6.07 Å². The molecule has 1 atom stereocenters. The maximum Gasteiger partial charge on any atom is 0.298 e. The summed E-state index contributed by atoms with van der Waals surface area (Å²) < 4.78 is 5.87. The molecule has 26 heavy (non-hydrogen) atoms. The summed E-state index contributed by atoms with van der Waals surface area (Å²) >= 11 is 0. The normalized spacial score (nSPS) is 16.6. The summed E-state index contributed by atoms with van der Waals surface area (Å²) in [5.41, 5.74) is 2.58. The lowest BCUT2D eigenvalue weighted by Crippen LogP contribution is -2.40. The minimum Gasteiger partial charge on any atom is -0.423 e. The highest BCUT2D eigenvalue weighted by molar-refractivity contribution is 5.94. The topological polar surface area (TPSA) is 82.2 Å². The Morgan fingerprint density at radius 3 is 3.04 bits per heavy atom. The molecule has 1 saturated heterocycles. The largest absolute Gasteiger partial charge is 0.423 e. The van der Waals surface area contributed by atoms with Crippen molar-refractivity contribution in [2.45, 2.75) is 18.9 Å². The highest BCUT2D eigenvalue weighted by Gasteiger charge is 2.28. The Kier molecular flexibility index (Phi) is 4.28. The molecule has 0 spiro atoms. The highest BCUT2D eigenvalue weighted by atomic mass is 16.4. The van der Waals surface area contributed by atoms with Gasteiger partial charge in [-0.1, -0.05) is 18.2 Å². The van der Waals surface area contributed by atoms with Crippen LogP contribution >= 0.6 is 0 Å². The van der Waals surface area contributed by atoms with Gasteiger partial charge in [0.05, 0.1) is 17.7 Å². The third kappa shape index (κ3) is 3.11. The van der Waals surface area contributed by atoms with E-state index in [1.54, 1.807) is 24.3 Å². The molecule has 130 valence electrons. The zero-order valence-electron chi connectivity index (χ0n) is 14.2. The Balaban J connectivity index is 1.45. The van der Waals surface area contributed by atoms with Crippen LogP contribution in [0.4, 0.5) is 6.01 Å². The number of hydrogen-bond acceptors (Lipinski definition) is 5. The van der Waals surface area contributed by atoms with E-state index in [1.165, 1.54) is 0 Å². The number of rotatable bonds is 4. The van der Waals surface area contributed by atoms with Gasteiger partial charge < -0.3 is 14.6 Å². The average molecular weight is 346 g/mol. The molecule has 0 aliphatic carbocycles. The van der Waals surface area contributed by atoms with Crippen LogP contribution in [-0.2, 0) is 0 Å². The SMILES string of the molecule is N#Cc1cccc(C(=O)NCC2CCCN2c2nc3ccccc3o2)c1. The summed E-state index contributed by atoms with van der Waals surface area (Å²) in [6.45, 7) is 1.37. The molecule has 6 nitrogen and oxygen atoms in total. The molecule has 4 rings (SSSR count). The molecular formula is C20H18N4O2. The zero-order chi connectivity index (χ0) is 17.9. The number of nitrogens with one attached hydrogen (secondary N) is 1. The fourth-order valence-electron chi connectivity index (χ4n) is 3.33. The summed E-state index contributed by atoms with van der Waals surface area (Å²) in [6, 6.07) is 17.2. The van der Waals surface area contributed by atoms with Crippen LogP contribution < -0.4 is 10.2 Å². The molecule has 1 aliphatic rings. The van der Waals surface area contributed by atoms with E-state index in [2.05, 4.69) is 21.3 Å². The minimum atomic E-state index is -0.175. The minimum absolute atomic E-state index is 0.145. The van der Waals surface area contributed by atoms with Gasteiger partial charge in [0.2, 0.25) is 0 Å². The number of hydrogen-bond donors (Lipinski definition) is 1. The molecule has 0 radical (unpaired) electrons. The molecule has 1 aromatic heterocycles. The quantitative estimate of drug-likeness (QED) is 0.785. The highest BCUT2D eigenvalue weighted by Crippen LogP contribution is 2.28. The first-order valence-electron chi connectivity index (χ1n) is 8.65. The monoisotopic (exact) mass is 346 g/mol. The zero-order valence-corrected chi connectivity index (χ0v) is 14.2. The number of fused-ring (bicyclic) bond motifs is 1. The van der Waals surface area contributed by atoms with Gasteiger partial charge in [0, 0.05) is 18.7 Å². The van der Waals surface area contributed by atoms with Gasteiger partial charge in [0.15, 0.2) is 5.58 Å². The number of aromatic nitrogens is 1. The Bertz CT molecular complexity index is 956. The van der Waals surface area contributed by atoms with Gasteiger partial charge in [-0.3, -0.25) is 4.79 Å². The van der Waals surface area contributed by atoms with Gasteiger partial charge in [-0.05, 0) is 43.2 Å². The van der Waals surface area contributed by atoms with Gasteiger partial charge in [0.25, 0.3) is 11.9 Å². The van der Waals surface area contributed by atoms with Crippen molar-refractivity contribution in [3.05, 3.63) is 59.7 Å². The van der Waals surface area contributed by atoms with E-state index in [-0.39, 0.29) is 11.9 Å². The third-order valence-electron chi connectivity index (χ3n) is 4.66. The first-order chi connectivity index (χ1) is 12.7. The second kappa shape index (κ2) is 6.89. The van der Waals surface area contributed by atoms with E-state index in [0.29, 0.717) is 23.7 Å². The number of amides is 1. The Morgan fingerprint density at radius 2 is 2.19 bits per heavy atom. The number of benzene rings is 2. The molecule has 0 bridgehead atoms. The van der Waals surface area contributed by atoms with Crippen LogP contribution in [0, 0.1) is 11.3 Å². The average Bonchev–Trinajstić information content (AvgIpc) is 3.32. The van der Waals surface area contributed by atoms with E-state index in [4.69, 9.17) is 9.68 Å². The van der Waals surface area contributed by atoms with Crippen LogP contribution in [-0.4, -0.2) is 30.0 Å². The number of oxazole rings is 1. The third-order valence-corrected chi connectivity index (χ3v) is 4.66. The molecule has 6 heteroatoms. The molecule has 1 fully saturated rings. The standard InChI is InChI=1S/C20H18N4O2/c21-12-14-5-3-6-15(11-14)19(25)22-13-16-7-4-10-24(16)20-23-17-8-1-2-9-18(17)26-20/h1-3,5-6,8-9,11,16H,4,7,10,13H2,(H,22,25). The van der Waals surface area contributed by atoms with E-state index in [0.717, 1.165) is 30.5 Å². The van der Waals surface area contributed by atoms with Crippen molar-refractivity contribution in [2.75, 3.05) is 18.0 Å². The molecule has 1 N–H and O–H groups in total. The van der Waals surface area contributed by atoms with Crippen molar-refractivity contribution >= 4 is 23.0 Å². The van der Waals surface area contributed by atoms with Gasteiger partial charge in [-0.15, -0.1) is 0 Å². The fourth-order valence-corrected chi connectivity index (χ4v) is 3.33. The van der Waals surface area contributed by atoms with Crippen molar-refractivity contribution in [1.29, 1.82) is 5.26 Å². The lowest BCUT2D eigenvalue weighted by Gasteiger charge is -2.23. The van der Waals surface area contributed by atoms with Crippen molar-refractivity contribution in [1.82, 2.24) is 10.3 Å². The van der Waals surface area contributed by atoms with E-state index >= 15 is 0 Å². The van der Waals surface area contributed by atoms with Crippen LogP contribution in [0.5, 0.6) is 0 Å². The lowest BCUT2D eigenvalue weighted by molar-refractivity contribution is 0.0951. The van der Waals surface area contributed by atoms with Crippen LogP contribution in [0.3, 0.4) is 0 Å². The van der Waals surface area contributed by atoms with Crippen molar-refractivity contribution in [3.63, 3.8) is 0 Å². The summed E-state index contributed by atoms with van der Waals surface area (Å²) in [5, 5.41) is 11.9. The van der Waals surface area contributed by atoms with Crippen LogP contribution in [0.15, 0.2) is 52.9 Å². The predicted molar refractivity (Wildman–Crippen MR) is 97.9 cm³/mol. The van der Waals surface area contributed by atoms with Gasteiger partial charge in [-0.25, -0.2) is 0 Å². The molecular weight excluding hydrogens is 328 g/mol. The summed E-state index contributed by atoms with van der Waals surface area (Å²) in [5.74, 6) is -0.175. The summed E-state index contributed by atoms with van der Waals surface area (Å²) in [6.07, 6.45) is 2.00. The second-order valence-corrected chi connectivity index (χ2v) is 6.36. The Hall–Kier alpha value is -3.33. The van der Waals surface area contributed by atoms with Crippen molar-refractivity contribution < 1.29 is 9.21 Å². The molecule has 2 aromatic carbocycles. The molecule has 1 unspecified atom stereocenters. The van der Waals surface area contributed by atoms with Crippen molar-refractivity contribution in [2.24, 2.45) is 0 Å². The summed E-state index contributed by atoms with van der Waals surface area (Å²) in [4.78, 5) is 19.1. The Morgan fingerprint density at radius 1 is 1.31 bits per heavy atom. The Labute approximate surface area is 151 Å². The van der Waals surface area contributed by atoms with Crippen LogP contribution in [0.2, 0.25) is 0 Å². The number of carbonyl (C=O) groups is 1. The first kappa shape index (κ1) is 16.2. The smallest absolute Gasteiger partial charge is 0.298 e. The van der Waals surface area contributed by atoms with Crippen LogP contribution in [0.1, 0.15) is 28.8 Å². The second-order valence-electron chi connectivity index (χ2n) is 6.36. The molecule has 0 saturated carbocycles. The number of anilines is 1. The van der Waals surface area contributed by atoms with E-state index in [9.17, 15) is 4.79 Å². The number of para-hydroxylation sites is 2. The molecule has 2 heterocycles. The number of nitriles is 1. The fraction of sp³-hybridized carbons (Fsp3) is 0.250. The molecule has 1 amide bonds. The molecule has 3 aromatic rings. The maximum absolute atomic E-state index is 12.4. The first-order valence-corrected chi connectivity index (χ1v) is 8.65. The van der Waals surface area contributed by atoms with E-state index in [1.807, 2.05) is 24.3 Å². The molecule has 1 aliphatic heterocycles. The van der Waals surface area contributed by atoms with E-state index < -0.39 is 0 Å². The van der Waals surface area contributed by atoms with Gasteiger partial charge in [-0.2, -0.15) is 10.2 Å². The predicted octanol–water partition coefficient (Wildman–Crippen LogP) is 3.10. The number of carbonyl (C=O) groups excluding carboxylic acids is 1. The van der Waals surface area contributed by atoms with Gasteiger partial charge >= 0.3 is 0 Å². The van der Waals surface area contributed by atoms with Gasteiger partial charge in [0.1, 0.15) is 5.52 Å². The maximum atomic E-state index is 12.4. The number of nitrogens with zero attached hydrogens (tertiary/aromatic N) is 3. The van der Waals surface area contributed by atoms with Crippen LogP contribution in [0.25, 0.3) is 11.1 Å². The summed E-state index contributed by atoms with van der Waals surface area (Å²) in [7, 11) is 0. The lowest BCUT2D eigenvalue weighted by atomic mass is 10.1.